The van der Waals surface area contributed by atoms with Gasteiger partial charge in [0.2, 0.25) is 0 Å². The normalized spacial score (nSPS) is 11.0. The maximum atomic E-state index is 12.1. The van der Waals surface area contributed by atoms with Gasteiger partial charge in [0, 0.05) is 28.2 Å². The van der Waals surface area contributed by atoms with E-state index in [1.54, 1.807) is 29.5 Å². The summed E-state index contributed by atoms with van der Waals surface area (Å²) in [5, 5.41) is 15.8. The van der Waals surface area contributed by atoms with E-state index in [1.165, 1.54) is 6.33 Å². The lowest BCUT2D eigenvalue weighted by Crippen LogP contribution is -2.29. The summed E-state index contributed by atoms with van der Waals surface area (Å²) < 4.78 is 0.924. The van der Waals surface area contributed by atoms with Crippen LogP contribution in [0.2, 0.25) is 0 Å². The minimum Gasteiger partial charge on any atom is -0.508 e. The Morgan fingerprint density at radius 3 is 2.59 bits per heavy atom. The Kier molecular flexibility index (Phi) is 5.14. The van der Waals surface area contributed by atoms with Crippen LogP contribution in [0.15, 0.2) is 60.9 Å². The van der Waals surface area contributed by atoms with Crippen LogP contribution in [0.5, 0.6) is 5.75 Å². The predicted molar refractivity (Wildman–Crippen MR) is 117 cm³/mol. The first kappa shape index (κ1) is 18.9. The second kappa shape index (κ2) is 7.89. The van der Waals surface area contributed by atoms with Crippen molar-refractivity contribution in [1.82, 2.24) is 15.3 Å². The van der Waals surface area contributed by atoms with E-state index in [2.05, 4.69) is 20.6 Å². The van der Waals surface area contributed by atoms with Gasteiger partial charge in [-0.15, -0.1) is 11.3 Å². The summed E-state index contributed by atoms with van der Waals surface area (Å²) in [5.74, 6) is 0.796. The van der Waals surface area contributed by atoms with Crippen LogP contribution in [0.3, 0.4) is 0 Å². The number of nitrogens with one attached hydrogen (secondary N) is 2. The second-order valence-electron chi connectivity index (χ2n) is 6.93. The van der Waals surface area contributed by atoms with Crippen LogP contribution < -0.4 is 10.6 Å². The van der Waals surface area contributed by atoms with Gasteiger partial charge in [-0.3, -0.25) is 4.79 Å². The van der Waals surface area contributed by atoms with Gasteiger partial charge < -0.3 is 15.7 Å². The van der Waals surface area contributed by atoms with Crippen LogP contribution in [0.25, 0.3) is 20.7 Å². The Hall–Kier alpha value is -3.45. The number of nitrogens with zero attached hydrogens (tertiary/aromatic N) is 2. The molecule has 4 rings (SSSR count). The quantitative estimate of drug-likeness (QED) is 0.438. The van der Waals surface area contributed by atoms with E-state index in [0.29, 0.717) is 11.4 Å². The molecule has 6 nitrogen and oxygen atoms in total. The van der Waals surface area contributed by atoms with Crippen molar-refractivity contribution < 1.29 is 9.90 Å². The maximum absolute atomic E-state index is 12.1. The molecule has 2 aromatic carbocycles. The summed E-state index contributed by atoms with van der Waals surface area (Å²) in [7, 11) is 0. The molecule has 0 bridgehead atoms. The van der Waals surface area contributed by atoms with E-state index in [-0.39, 0.29) is 17.7 Å². The highest BCUT2D eigenvalue weighted by Crippen LogP contribution is 2.36. The first-order valence-corrected chi connectivity index (χ1v) is 10.0. The molecule has 146 valence electrons. The molecule has 0 spiro atoms. The molecule has 0 aliphatic carbocycles. The van der Waals surface area contributed by atoms with Gasteiger partial charge in [0.15, 0.2) is 5.82 Å². The van der Waals surface area contributed by atoms with E-state index in [4.69, 9.17) is 0 Å². The number of amides is 1. The van der Waals surface area contributed by atoms with Crippen molar-refractivity contribution in [3.63, 3.8) is 0 Å². The summed E-state index contributed by atoms with van der Waals surface area (Å²) in [6.07, 6.45) is 1.52. The first-order valence-electron chi connectivity index (χ1n) is 9.21. The Bertz CT molecular complexity index is 1170. The highest BCUT2D eigenvalue weighted by Gasteiger charge is 2.12. The molecule has 0 aliphatic rings. The molecule has 3 N–H and O–H groups in total. The van der Waals surface area contributed by atoms with Crippen molar-refractivity contribution in [2.75, 3.05) is 5.32 Å². The van der Waals surface area contributed by atoms with E-state index in [0.717, 1.165) is 26.3 Å². The fourth-order valence-corrected chi connectivity index (χ4v) is 4.00. The number of phenols is 1. The average molecular weight is 404 g/mol. The van der Waals surface area contributed by atoms with E-state index in [9.17, 15) is 9.90 Å². The zero-order valence-corrected chi connectivity index (χ0v) is 16.8. The molecular formula is C22H20N4O2S. The smallest absolute Gasteiger partial charge is 0.251 e. The maximum Gasteiger partial charge on any atom is 0.251 e. The second-order valence-corrected chi connectivity index (χ2v) is 7.98. The largest absolute Gasteiger partial charge is 0.508 e. The predicted octanol–water partition coefficient (Wildman–Crippen LogP) is 4.95. The van der Waals surface area contributed by atoms with Crippen molar-refractivity contribution in [2.45, 2.75) is 19.9 Å². The first-order chi connectivity index (χ1) is 14.0. The molecule has 0 fully saturated rings. The van der Waals surface area contributed by atoms with Gasteiger partial charge in [0.25, 0.3) is 5.91 Å². The molecule has 2 heterocycles. The minimum absolute atomic E-state index is 0.0774. The fourth-order valence-electron chi connectivity index (χ4n) is 2.94. The molecule has 1 amide bonds. The Labute approximate surface area is 172 Å². The molecule has 0 saturated heterocycles. The Morgan fingerprint density at radius 1 is 1.07 bits per heavy atom. The van der Waals surface area contributed by atoms with Gasteiger partial charge >= 0.3 is 0 Å². The number of phenolic OH excluding ortho intramolecular Hbond substituents is 1. The third-order valence-corrected chi connectivity index (χ3v) is 5.45. The van der Waals surface area contributed by atoms with Gasteiger partial charge in [-0.1, -0.05) is 18.2 Å². The lowest BCUT2D eigenvalue weighted by Gasteiger charge is -2.08. The number of carbonyl (C=O) groups excluding carboxylic acids is 1. The number of hydrogen-bond acceptors (Lipinski definition) is 6. The molecule has 7 heteroatoms. The zero-order valence-electron chi connectivity index (χ0n) is 16.0. The molecule has 2 aromatic heterocycles. The fraction of sp³-hybridized carbons (Fsp3) is 0.136. The summed E-state index contributed by atoms with van der Waals surface area (Å²) in [6, 6.07) is 16.5. The Balaban J connectivity index is 1.63. The zero-order chi connectivity index (χ0) is 20.4. The van der Waals surface area contributed by atoms with Gasteiger partial charge in [0.05, 0.1) is 10.2 Å². The van der Waals surface area contributed by atoms with E-state index >= 15 is 0 Å². The summed E-state index contributed by atoms with van der Waals surface area (Å²) in [5.41, 5.74) is 3.23. The Morgan fingerprint density at radius 2 is 1.86 bits per heavy atom. The molecule has 4 aromatic rings. The molecular weight excluding hydrogens is 384 g/mol. The number of carbonyl (C=O) groups is 1. The van der Waals surface area contributed by atoms with Crippen molar-refractivity contribution in [1.29, 1.82) is 0 Å². The van der Waals surface area contributed by atoms with Crippen LogP contribution in [-0.4, -0.2) is 27.0 Å². The number of benzene rings is 2. The summed E-state index contributed by atoms with van der Waals surface area (Å²) in [6.45, 7) is 3.87. The average Bonchev–Trinajstić information content (AvgIpc) is 3.13. The number of aromatic hydroxyl groups is 1. The van der Waals surface area contributed by atoms with Crippen LogP contribution in [0.4, 0.5) is 11.5 Å². The van der Waals surface area contributed by atoms with E-state index < -0.39 is 0 Å². The van der Waals surface area contributed by atoms with Crippen LogP contribution in [-0.2, 0) is 0 Å². The topological polar surface area (TPSA) is 87.1 Å². The van der Waals surface area contributed by atoms with E-state index in [1.807, 2.05) is 50.2 Å². The van der Waals surface area contributed by atoms with Crippen LogP contribution >= 0.6 is 11.3 Å². The molecule has 0 radical (unpaired) electrons. The lowest BCUT2D eigenvalue weighted by atomic mass is 10.1. The van der Waals surface area contributed by atoms with Gasteiger partial charge in [0.1, 0.15) is 12.1 Å². The van der Waals surface area contributed by atoms with Crippen molar-refractivity contribution in [3.8, 4) is 16.2 Å². The summed E-state index contributed by atoms with van der Waals surface area (Å²) >= 11 is 1.57. The van der Waals surface area contributed by atoms with Crippen molar-refractivity contribution in [3.05, 3.63) is 66.5 Å². The van der Waals surface area contributed by atoms with Gasteiger partial charge in [-0.25, -0.2) is 9.97 Å². The number of fused-ring (bicyclic) bond motifs is 1. The number of thiophene rings is 1. The molecule has 0 atom stereocenters. The number of aromatic nitrogens is 2. The van der Waals surface area contributed by atoms with Gasteiger partial charge in [-0.2, -0.15) is 0 Å². The van der Waals surface area contributed by atoms with Gasteiger partial charge in [-0.05, 0) is 49.7 Å². The SMILES string of the molecule is CC(C)NC(=O)c1ccc(-c2cc3ncnc(Nc4cccc(O)c4)c3s2)cc1. The van der Waals surface area contributed by atoms with Crippen LogP contribution in [0, 0.1) is 0 Å². The monoisotopic (exact) mass is 404 g/mol. The highest BCUT2D eigenvalue weighted by molar-refractivity contribution is 7.22. The number of hydrogen-bond donors (Lipinski definition) is 3. The molecule has 0 saturated carbocycles. The van der Waals surface area contributed by atoms with Crippen molar-refractivity contribution >= 4 is 39.0 Å². The third kappa shape index (κ3) is 4.20. The summed E-state index contributed by atoms with van der Waals surface area (Å²) in [4.78, 5) is 21.9. The van der Waals surface area contributed by atoms with Crippen molar-refractivity contribution in [2.24, 2.45) is 0 Å². The van der Waals surface area contributed by atoms with Crippen LogP contribution in [0.1, 0.15) is 24.2 Å². The number of rotatable bonds is 5. The molecule has 0 aliphatic heterocycles. The molecule has 0 unspecified atom stereocenters. The lowest BCUT2D eigenvalue weighted by molar-refractivity contribution is 0.0943. The highest BCUT2D eigenvalue weighted by atomic mass is 32.1. The standard InChI is InChI=1S/C22H20N4O2S/c1-13(2)25-22(28)15-8-6-14(7-9-15)19-11-18-20(29-19)21(24-12-23-18)26-16-4-3-5-17(27)10-16/h3-13,27H,1-2H3,(H,25,28)(H,23,24,26). The third-order valence-electron chi connectivity index (χ3n) is 4.27. The minimum atomic E-state index is -0.0774. The molecule has 29 heavy (non-hydrogen) atoms. The number of anilines is 2.